The summed E-state index contributed by atoms with van der Waals surface area (Å²) in [5.41, 5.74) is 5.10. The van der Waals surface area contributed by atoms with Crippen LogP contribution in [0.15, 0.2) is 0 Å². The van der Waals surface area contributed by atoms with E-state index in [2.05, 4.69) is 27.7 Å². The standard InChI is InChI=1S/C17H35NO4/c1-16(2,10-7-5-6-9-15(19)20)22-14-11-17(3,4)21-13-8-12-18/h5-14,18H2,1-4H3,(H,19,20). The van der Waals surface area contributed by atoms with Gasteiger partial charge < -0.3 is 20.3 Å². The van der Waals surface area contributed by atoms with Gasteiger partial charge in [0, 0.05) is 13.0 Å². The second-order valence-corrected chi connectivity index (χ2v) is 7.06. The summed E-state index contributed by atoms with van der Waals surface area (Å²) in [6, 6.07) is 0. The van der Waals surface area contributed by atoms with Crippen molar-refractivity contribution in [1.29, 1.82) is 0 Å². The van der Waals surface area contributed by atoms with Crippen LogP contribution in [-0.4, -0.2) is 42.0 Å². The van der Waals surface area contributed by atoms with E-state index in [9.17, 15) is 4.79 Å². The molecule has 0 saturated heterocycles. The van der Waals surface area contributed by atoms with Crippen LogP contribution in [0.3, 0.4) is 0 Å². The number of hydrogen-bond acceptors (Lipinski definition) is 4. The molecule has 0 rings (SSSR count). The van der Waals surface area contributed by atoms with Gasteiger partial charge in [-0.1, -0.05) is 12.8 Å². The molecule has 0 fully saturated rings. The van der Waals surface area contributed by atoms with Crippen molar-refractivity contribution >= 4 is 5.97 Å². The van der Waals surface area contributed by atoms with Gasteiger partial charge in [0.1, 0.15) is 0 Å². The topological polar surface area (TPSA) is 81.8 Å². The van der Waals surface area contributed by atoms with Gasteiger partial charge in [0.15, 0.2) is 0 Å². The molecular formula is C17H35NO4. The normalized spacial score (nSPS) is 12.6. The van der Waals surface area contributed by atoms with Gasteiger partial charge >= 0.3 is 5.97 Å². The van der Waals surface area contributed by atoms with Crippen molar-refractivity contribution in [3.63, 3.8) is 0 Å². The fraction of sp³-hybridized carbons (Fsp3) is 0.941. The fourth-order valence-corrected chi connectivity index (χ4v) is 2.15. The van der Waals surface area contributed by atoms with Crippen LogP contribution in [0.4, 0.5) is 0 Å². The molecule has 0 amide bonds. The van der Waals surface area contributed by atoms with E-state index in [0.717, 1.165) is 38.5 Å². The summed E-state index contributed by atoms with van der Waals surface area (Å²) >= 11 is 0. The minimum atomic E-state index is -0.715. The highest BCUT2D eigenvalue weighted by molar-refractivity contribution is 5.66. The molecule has 0 saturated carbocycles. The highest BCUT2D eigenvalue weighted by Gasteiger charge is 2.22. The van der Waals surface area contributed by atoms with Crippen molar-refractivity contribution < 1.29 is 19.4 Å². The fourth-order valence-electron chi connectivity index (χ4n) is 2.15. The molecule has 0 spiro atoms. The SMILES string of the molecule is CC(C)(CCCCCC(=O)O)OCCC(C)(C)OCCCN. The summed E-state index contributed by atoms with van der Waals surface area (Å²) in [6.45, 7) is 10.3. The van der Waals surface area contributed by atoms with Crippen molar-refractivity contribution in [2.45, 2.75) is 83.8 Å². The zero-order chi connectivity index (χ0) is 17.1. The molecule has 5 nitrogen and oxygen atoms in total. The van der Waals surface area contributed by atoms with Gasteiger partial charge in [0.05, 0.1) is 17.8 Å². The van der Waals surface area contributed by atoms with Crippen LogP contribution >= 0.6 is 0 Å². The molecule has 0 aromatic carbocycles. The van der Waals surface area contributed by atoms with Crippen molar-refractivity contribution in [3.05, 3.63) is 0 Å². The van der Waals surface area contributed by atoms with Crippen LogP contribution in [0.25, 0.3) is 0 Å². The van der Waals surface area contributed by atoms with Crippen LogP contribution < -0.4 is 5.73 Å². The Labute approximate surface area is 135 Å². The van der Waals surface area contributed by atoms with Crippen molar-refractivity contribution in [1.82, 2.24) is 0 Å². The van der Waals surface area contributed by atoms with Crippen LogP contribution in [0.1, 0.15) is 72.6 Å². The minimum absolute atomic E-state index is 0.170. The van der Waals surface area contributed by atoms with Gasteiger partial charge in [-0.2, -0.15) is 0 Å². The predicted molar refractivity (Wildman–Crippen MR) is 89.1 cm³/mol. The zero-order valence-corrected chi connectivity index (χ0v) is 14.8. The first-order chi connectivity index (χ1) is 10.2. The molecule has 0 aromatic heterocycles. The predicted octanol–water partition coefficient (Wildman–Crippen LogP) is 3.35. The average molecular weight is 317 g/mol. The summed E-state index contributed by atoms with van der Waals surface area (Å²) in [5.74, 6) is -0.715. The summed E-state index contributed by atoms with van der Waals surface area (Å²) in [6.07, 6.45) is 5.61. The molecule has 132 valence electrons. The largest absolute Gasteiger partial charge is 0.481 e. The smallest absolute Gasteiger partial charge is 0.303 e. The number of ether oxygens (including phenoxy) is 2. The van der Waals surface area contributed by atoms with E-state index in [1.54, 1.807) is 0 Å². The minimum Gasteiger partial charge on any atom is -0.481 e. The summed E-state index contributed by atoms with van der Waals surface area (Å²) in [5, 5.41) is 8.60. The Morgan fingerprint density at radius 2 is 1.50 bits per heavy atom. The molecule has 5 heteroatoms. The first-order valence-electron chi connectivity index (χ1n) is 8.38. The first kappa shape index (κ1) is 21.4. The molecule has 0 aliphatic rings. The number of carboxylic acids is 1. The van der Waals surface area contributed by atoms with Gasteiger partial charge in [0.25, 0.3) is 0 Å². The highest BCUT2D eigenvalue weighted by Crippen LogP contribution is 2.22. The molecule has 0 unspecified atom stereocenters. The number of unbranched alkanes of at least 4 members (excludes halogenated alkanes) is 2. The van der Waals surface area contributed by atoms with Crippen LogP contribution in [-0.2, 0) is 14.3 Å². The molecule has 0 aliphatic carbocycles. The van der Waals surface area contributed by atoms with Gasteiger partial charge in [-0.15, -0.1) is 0 Å². The van der Waals surface area contributed by atoms with E-state index in [1.165, 1.54) is 0 Å². The molecule has 22 heavy (non-hydrogen) atoms. The number of nitrogens with two attached hydrogens (primary N) is 1. The van der Waals surface area contributed by atoms with Gasteiger partial charge in [-0.05, 0) is 59.9 Å². The van der Waals surface area contributed by atoms with E-state index in [1.807, 2.05) is 0 Å². The van der Waals surface area contributed by atoms with Crippen molar-refractivity contribution in [2.24, 2.45) is 5.73 Å². The van der Waals surface area contributed by atoms with E-state index >= 15 is 0 Å². The van der Waals surface area contributed by atoms with Gasteiger partial charge in [0.2, 0.25) is 0 Å². The highest BCUT2D eigenvalue weighted by atomic mass is 16.5. The molecule has 0 bridgehead atoms. The lowest BCUT2D eigenvalue weighted by molar-refractivity contribution is -0.137. The number of carboxylic acid groups (broad SMARTS) is 1. The maximum atomic E-state index is 10.4. The molecular weight excluding hydrogens is 282 g/mol. The Balaban J connectivity index is 3.79. The lowest BCUT2D eigenvalue weighted by Crippen LogP contribution is -2.31. The third-order valence-corrected chi connectivity index (χ3v) is 3.71. The number of rotatable bonds is 14. The molecule has 0 aliphatic heterocycles. The zero-order valence-electron chi connectivity index (χ0n) is 14.8. The summed E-state index contributed by atoms with van der Waals surface area (Å²) in [7, 11) is 0. The van der Waals surface area contributed by atoms with Crippen LogP contribution in [0.5, 0.6) is 0 Å². The first-order valence-corrected chi connectivity index (χ1v) is 8.38. The monoisotopic (exact) mass is 317 g/mol. The Morgan fingerprint density at radius 3 is 2.09 bits per heavy atom. The summed E-state index contributed by atoms with van der Waals surface area (Å²) < 4.78 is 11.8. The van der Waals surface area contributed by atoms with Gasteiger partial charge in [-0.25, -0.2) is 0 Å². The Morgan fingerprint density at radius 1 is 0.909 bits per heavy atom. The van der Waals surface area contributed by atoms with Crippen molar-refractivity contribution in [3.8, 4) is 0 Å². The van der Waals surface area contributed by atoms with Crippen LogP contribution in [0.2, 0.25) is 0 Å². The molecule has 0 heterocycles. The van der Waals surface area contributed by atoms with E-state index in [4.69, 9.17) is 20.3 Å². The molecule has 0 atom stereocenters. The number of carbonyl (C=O) groups is 1. The molecule has 0 aromatic rings. The number of aliphatic carboxylic acids is 1. The third-order valence-electron chi connectivity index (χ3n) is 3.71. The Bertz CT molecular complexity index is 303. The van der Waals surface area contributed by atoms with E-state index < -0.39 is 5.97 Å². The van der Waals surface area contributed by atoms with E-state index in [-0.39, 0.29) is 17.6 Å². The quantitative estimate of drug-likeness (QED) is 0.480. The second-order valence-electron chi connectivity index (χ2n) is 7.06. The lowest BCUT2D eigenvalue weighted by atomic mass is 9.99. The second kappa shape index (κ2) is 11.0. The Hall–Kier alpha value is -0.650. The third kappa shape index (κ3) is 13.0. The number of hydrogen-bond donors (Lipinski definition) is 2. The average Bonchev–Trinajstić information content (AvgIpc) is 2.37. The maximum Gasteiger partial charge on any atom is 0.303 e. The molecule has 3 N–H and O–H groups in total. The molecule has 0 radical (unpaired) electrons. The van der Waals surface area contributed by atoms with E-state index in [0.29, 0.717) is 19.8 Å². The van der Waals surface area contributed by atoms with Crippen molar-refractivity contribution in [2.75, 3.05) is 19.8 Å². The summed E-state index contributed by atoms with van der Waals surface area (Å²) in [4.78, 5) is 10.4. The van der Waals surface area contributed by atoms with Crippen LogP contribution in [0, 0.1) is 0 Å². The Kier molecular flexibility index (Phi) is 10.6. The lowest BCUT2D eigenvalue weighted by Gasteiger charge is -2.30. The van der Waals surface area contributed by atoms with Gasteiger partial charge in [-0.3, -0.25) is 4.79 Å². The maximum absolute atomic E-state index is 10.4.